The summed E-state index contributed by atoms with van der Waals surface area (Å²) >= 11 is 0. The number of aromatic nitrogens is 3. The Balaban J connectivity index is 1.67. The topological polar surface area (TPSA) is 59.8 Å². The van der Waals surface area contributed by atoms with Crippen molar-refractivity contribution < 1.29 is 4.79 Å². The van der Waals surface area contributed by atoms with Crippen LogP contribution in [0.2, 0.25) is 0 Å². The Labute approximate surface area is 135 Å². The number of pyridine rings is 1. The lowest BCUT2D eigenvalue weighted by molar-refractivity contribution is 0.0947. The van der Waals surface area contributed by atoms with Crippen molar-refractivity contribution in [2.45, 2.75) is 13.5 Å². The van der Waals surface area contributed by atoms with Gasteiger partial charge in [0.15, 0.2) is 0 Å². The molecule has 0 spiro atoms. The first-order chi connectivity index (χ1) is 11.3. The molecular weight excluding hydrogens is 288 g/mol. The molecule has 5 heteroatoms. The molecule has 0 aliphatic rings. The van der Waals surface area contributed by atoms with Crippen molar-refractivity contribution >= 4 is 5.91 Å². The van der Waals surface area contributed by atoms with Gasteiger partial charge >= 0.3 is 0 Å². The van der Waals surface area contributed by atoms with Crippen LogP contribution in [0.15, 0.2) is 60.9 Å². The quantitative estimate of drug-likeness (QED) is 0.788. The summed E-state index contributed by atoms with van der Waals surface area (Å²) in [6.07, 6.45) is 3.46. The molecule has 0 fully saturated rings. The normalized spacial score (nSPS) is 10.5. The molecule has 1 N–H and O–H groups in total. The maximum Gasteiger partial charge on any atom is 0.269 e. The second kappa shape index (κ2) is 6.87. The molecule has 2 heterocycles. The number of nitrogens with one attached hydrogen (secondary N) is 1. The Kier molecular flexibility index (Phi) is 4.47. The maximum absolute atomic E-state index is 12.0. The lowest BCUT2D eigenvalue weighted by Gasteiger charge is -2.11. The van der Waals surface area contributed by atoms with Gasteiger partial charge in [-0.15, -0.1) is 0 Å². The first-order valence-electron chi connectivity index (χ1n) is 7.52. The first kappa shape index (κ1) is 15.0. The molecule has 0 aliphatic heterocycles. The zero-order valence-electron chi connectivity index (χ0n) is 12.9. The Bertz CT molecular complexity index is 781. The number of carbonyl (C=O) groups is 1. The van der Waals surface area contributed by atoms with Gasteiger partial charge in [-0.05, 0) is 19.1 Å². The van der Waals surface area contributed by atoms with E-state index >= 15 is 0 Å². The molecular formula is C18H18N4O. The third-order valence-electron chi connectivity index (χ3n) is 3.61. The maximum atomic E-state index is 12.0. The van der Waals surface area contributed by atoms with E-state index < -0.39 is 0 Å². The number of nitrogens with zero attached hydrogens (tertiary/aromatic N) is 3. The highest BCUT2D eigenvalue weighted by atomic mass is 16.1. The van der Waals surface area contributed by atoms with Crippen molar-refractivity contribution in [3.8, 4) is 11.4 Å². The van der Waals surface area contributed by atoms with E-state index in [1.54, 1.807) is 24.4 Å². The molecule has 0 saturated carbocycles. The molecule has 23 heavy (non-hydrogen) atoms. The average Bonchev–Trinajstić information content (AvgIpc) is 2.97. The summed E-state index contributed by atoms with van der Waals surface area (Å²) in [5, 5.41) is 2.89. The van der Waals surface area contributed by atoms with Crippen LogP contribution < -0.4 is 5.32 Å². The van der Waals surface area contributed by atoms with E-state index in [-0.39, 0.29) is 5.91 Å². The highest BCUT2D eigenvalue weighted by molar-refractivity contribution is 5.92. The number of rotatable bonds is 5. The SMILES string of the molecule is Cc1cnc(-c2ccccc2)n1CCNC(=O)c1ccccn1. The number of carbonyl (C=O) groups excluding carboxylic acids is 1. The summed E-state index contributed by atoms with van der Waals surface area (Å²) in [6.45, 7) is 3.20. The van der Waals surface area contributed by atoms with E-state index in [2.05, 4.69) is 19.9 Å². The predicted octanol–water partition coefficient (Wildman–Crippen LogP) is 2.68. The minimum atomic E-state index is -0.162. The van der Waals surface area contributed by atoms with Gasteiger partial charge in [-0.1, -0.05) is 36.4 Å². The summed E-state index contributed by atoms with van der Waals surface area (Å²) in [6, 6.07) is 15.3. The van der Waals surface area contributed by atoms with Gasteiger partial charge in [0.2, 0.25) is 0 Å². The summed E-state index contributed by atoms with van der Waals surface area (Å²) < 4.78 is 2.11. The van der Waals surface area contributed by atoms with Crippen LogP contribution in [0.25, 0.3) is 11.4 Å². The van der Waals surface area contributed by atoms with E-state index in [1.165, 1.54) is 0 Å². The number of aryl methyl sites for hydroxylation is 1. The monoisotopic (exact) mass is 306 g/mol. The molecule has 1 aromatic carbocycles. The van der Waals surface area contributed by atoms with Gasteiger partial charge in [0.25, 0.3) is 5.91 Å². The van der Waals surface area contributed by atoms with Gasteiger partial charge in [-0.2, -0.15) is 0 Å². The van der Waals surface area contributed by atoms with E-state index in [0.29, 0.717) is 18.8 Å². The molecule has 0 atom stereocenters. The third-order valence-corrected chi connectivity index (χ3v) is 3.61. The second-order valence-corrected chi connectivity index (χ2v) is 5.21. The van der Waals surface area contributed by atoms with Crippen LogP contribution in [0.4, 0.5) is 0 Å². The van der Waals surface area contributed by atoms with Crippen molar-refractivity contribution in [1.82, 2.24) is 19.9 Å². The smallest absolute Gasteiger partial charge is 0.269 e. The summed E-state index contributed by atoms with van der Waals surface area (Å²) in [5.74, 6) is 0.750. The molecule has 0 radical (unpaired) electrons. The fourth-order valence-corrected chi connectivity index (χ4v) is 2.43. The zero-order chi connectivity index (χ0) is 16.1. The zero-order valence-corrected chi connectivity index (χ0v) is 12.9. The molecule has 1 amide bonds. The van der Waals surface area contributed by atoms with E-state index in [0.717, 1.165) is 17.1 Å². The van der Waals surface area contributed by atoms with Gasteiger partial charge < -0.3 is 9.88 Å². The van der Waals surface area contributed by atoms with Crippen molar-refractivity contribution in [1.29, 1.82) is 0 Å². The fourth-order valence-electron chi connectivity index (χ4n) is 2.43. The van der Waals surface area contributed by atoms with Crippen LogP contribution in [-0.4, -0.2) is 27.0 Å². The van der Waals surface area contributed by atoms with Gasteiger partial charge in [0, 0.05) is 36.7 Å². The number of imidazole rings is 1. The molecule has 0 bridgehead atoms. The van der Waals surface area contributed by atoms with Crippen LogP contribution in [-0.2, 0) is 6.54 Å². The van der Waals surface area contributed by atoms with Crippen LogP contribution in [0.5, 0.6) is 0 Å². The molecule has 2 aromatic heterocycles. The Morgan fingerprint density at radius 2 is 1.87 bits per heavy atom. The summed E-state index contributed by atoms with van der Waals surface area (Å²) in [4.78, 5) is 20.5. The summed E-state index contributed by atoms with van der Waals surface area (Å²) in [5.41, 5.74) is 2.56. The Morgan fingerprint density at radius 3 is 2.61 bits per heavy atom. The minimum absolute atomic E-state index is 0.162. The summed E-state index contributed by atoms with van der Waals surface area (Å²) in [7, 11) is 0. The van der Waals surface area contributed by atoms with Crippen molar-refractivity contribution in [3.05, 3.63) is 72.3 Å². The predicted molar refractivity (Wildman–Crippen MR) is 89.0 cm³/mol. The Hall–Kier alpha value is -2.95. The molecule has 3 aromatic rings. The molecule has 0 aliphatic carbocycles. The van der Waals surface area contributed by atoms with E-state index in [1.807, 2.05) is 43.5 Å². The van der Waals surface area contributed by atoms with Gasteiger partial charge in [-0.3, -0.25) is 9.78 Å². The van der Waals surface area contributed by atoms with Gasteiger partial charge in [0.05, 0.1) is 0 Å². The first-order valence-corrected chi connectivity index (χ1v) is 7.52. The van der Waals surface area contributed by atoms with E-state index in [4.69, 9.17) is 0 Å². The number of hydrogen-bond acceptors (Lipinski definition) is 3. The number of hydrogen-bond donors (Lipinski definition) is 1. The van der Waals surface area contributed by atoms with Crippen molar-refractivity contribution in [3.63, 3.8) is 0 Å². The highest BCUT2D eigenvalue weighted by Crippen LogP contribution is 2.18. The van der Waals surface area contributed by atoms with E-state index in [9.17, 15) is 4.79 Å². The molecule has 5 nitrogen and oxygen atoms in total. The van der Waals surface area contributed by atoms with Gasteiger partial charge in [-0.25, -0.2) is 4.98 Å². The van der Waals surface area contributed by atoms with Crippen LogP contribution in [0.3, 0.4) is 0 Å². The molecule has 0 unspecified atom stereocenters. The second-order valence-electron chi connectivity index (χ2n) is 5.21. The number of amides is 1. The molecule has 0 saturated heterocycles. The average molecular weight is 306 g/mol. The standard InChI is InChI=1S/C18H18N4O/c1-14-13-21-17(15-7-3-2-4-8-15)22(14)12-11-20-18(23)16-9-5-6-10-19-16/h2-10,13H,11-12H2,1H3,(H,20,23). The molecule has 116 valence electrons. The van der Waals surface area contributed by atoms with Crippen molar-refractivity contribution in [2.24, 2.45) is 0 Å². The Morgan fingerprint density at radius 1 is 1.09 bits per heavy atom. The third kappa shape index (κ3) is 3.45. The van der Waals surface area contributed by atoms with Gasteiger partial charge in [0.1, 0.15) is 11.5 Å². The molecule has 3 rings (SSSR count). The lowest BCUT2D eigenvalue weighted by atomic mass is 10.2. The number of benzene rings is 1. The van der Waals surface area contributed by atoms with Crippen LogP contribution in [0.1, 0.15) is 16.2 Å². The highest BCUT2D eigenvalue weighted by Gasteiger charge is 2.10. The van der Waals surface area contributed by atoms with Crippen molar-refractivity contribution in [2.75, 3.05) is 6.54 Å². The lowest BCUT2D eigenvalue weighted by Crippen LogP contribution is -2.28. The minimum Gasteiger partial charge on any atom is -0.349 e. The van der Waals surface area contributed by atoms with Crippen LogP contribution in [0, 0.1) is 6.92 Å². The fraction of sp³-hybridized carbons (Fsp3) is 0.167. The van der Waals surface area contributed by atoms with Crippen LogP contribution >= 0.6 is 0 Å². The largest absolute Gasteiger partial charge is 0.349 e.